The molecule has 7 rings (SSSR count). The van der Waals surface area contributed by atoms with Gasteiger partial charge in [0.2, 0.25) is 0 Å². The summed E-state index contributed by atoms with van der Waals surface area (Å²) in [6.07, 6.45) is 1.01. The van der Waals surface area contributed by atoms with Gasteiger partial charge in [0.15, 0.2) is 0 Å². The number of nitrogens with one attached hydrogen (secondary N) is 2. The molecule has 1 fully saturated rings. The quantitative estimate of drug-likeness (QED) is 0.248. The van der Waals surface area contributed by atoms with Gasteiger partial charge in [0.25, 0.3) is 11.8 Å². The lowest BCUT2D eigenvalue weighted by Gasteiger charge is -2.36. The summed E-state index contributed by atoms with van der Waals surface area (Å²) >= 11 is 0. The number of carbonyl (C=O) groups excluding carboxylic acids is 3. The SMILES string of the molecule is COc1ccc(CCNC(=O)c2ccccc2N2C(=O)[C@@H]3Cc4c([nH]c5ccccc45)C(c4ccccc4)N3C2=O)cc1. The van der Waals surface area contributed by atoms with Crippen molar-refractivity contribution in [2.24, 2.45) is 0 Å². The van der Waals surface area contributed by atoms with E-state index in [2.05, 4.69) is 10.3 Å². The molecule has 43 heavy (non-hydrogen) atoms. The highest BCUT2D eigenvalue weighted by Crippen LogP contribution is 2.45. The minimum absolute atomic E-state index is 0.277. The summed E-state index contributed by atoms with van der Waals surface area (Å²) in [5.74, 6) is 0.0960. The maximum Gasteiger partial charge on any atom is 0.332 e. The monoisotopic (exact) mass is 570 g/mol. The van der Waals surface area contributed by atoms with Gasteiger partial charge in [-0.3, -0.25) is 14.5 Å². The number of amides is 4. The van der Waals surface area contributed by atoms with Crippen LogP contribution < -0.4 is 15.0 Å². The fourth-order valence-electron chi connectivity index (χ4n) is 6.35. The fraction of sp³-hybridized carbons (Fsp3) is 0.171. The molecule has 8 nitrogen and oxygen atoms in total. The fourth-order valence-corrected chi connectivity index (χ4v) is 6.35. The molecule has 214 valence electrons. The van der Waals surface area contributed by atoms with Crippen LogP contribution in [0.1, 0.15) is 38.8 Å². The first-order valence-corrected chi connectivity index (χ1v) is 14.4. The molecule has 0 radical (unpaired) electrons. The van der Waals surface area contributed by atoms with Crippen molar-refractivity contribution in [2.75, 3.05) is 18.6 Å². The van der Waals surface area contributed by atoms with Gasteiger partial charge in [0.1, 0.15) is 17.8 Å². The second-order valence-corrected chi connectivity index (χ2v) is 10.8. The molecular formula is C35H30N4O4. The lowest BCUT2D eigenvalue weighted by Crippen LogP contribution is -2.44. The molecule has 4 amide bonds. The van der Waals surface area contributed by atoms with Crippen LogP contribution in [0.5, 0.6) is 5.75 Å². The highest BCUT2D eigenvalue weighted by molar-refractivity contribution is 6.24. The van der Waals surface area contributed by atoms with Crippen LogP contribution in [0.4, 0.5) is 10.5 Å². The van der Waals surface area contributed by atoms with E-state index < -0.39 is 18.1 Å². The second kappa shape index (κ2) is 10.8. The molecule has 3 heterocycles. The first kappa shape index (κ1) is 26.5. The average molecular weight is 571 g/mol. The van der Waals surface area contributed by atoms with E-state index >= 15 is 0 Å². The van der Waals surface area contributed by atoms with Gasteiger partial charge in [-0.25, -0.2) is 9.69 Å². The predicted octanol–water partition coefficient (Wildman–Crippen LogP) is 5.63. The van der Waals surface area contributed by atoms with Gasteiger partial charge < -0.3 is 15.0 Å². The van der Waals surface area contributed by atoms with Gasteiger partial charge in [-0.05, 0) is 53.4 Å². The summed E-state index contributed by atoms with van der Waals surface area (Å²) in [5, 5.41) is 4.01. The van der Waals surface area contributed by atoms with Crippen molar-refractivity contribution in [3.8, 4) is 5.75 Å². The highest BCUT2D eigenvalue weighted by Gasteiger charge is 2.53. The summed E-state index contributed by atoms with van der Waals surface area (Å²) in [5.41, 5.74) is 5.46. The molecule has 2 atom stereocenters. The Balaban J connectivity index is 1.20. The van der Waals surface area contributed by atoms with E-state index in [9.17, 15) is 14.4 Å². The van der Waals surface area contributed by atoms with Crippen molar-refractivity contribution in [3.63, 3.8) is 0 Å². The van der Waals surface area contributed by atoms with Crippen molar-refractivity contribution in [3.05, 3.63) is 131 Å². The van der Waals surface area contributed by atoms with Crippen LogP contribution in [-0.4, -0.2) is 47.4 Å². The van der Waals surface area contributed by atoms with E-state index in [4.69, 9.17) is 4.74 Å². The summed E-state index contributed by atoms with van der Waals surface area (Å²) in [4.78, 5) is 48.2. The van der Waals surface area contributed by atoms with E-state index in [1.807, 2.05) is 78.9 Å². The van der Waals surface area contributed by atoms with E-state index in [1.165, 1.54) is 4.90 Å². The lowest BCUT2D eigenvalue weighted by atomic mass is 9.89. The van der Waals surface area contributed by atoms with Gasteiger partial charge in [-0.1, -0.05) is 72.8 Å². The third kappa shape index (κ3) is 4.52. The number of H-pyrrole nitrogens is 1. The minimum atomic E-state index is -0.699. The number of hydrogen-bond donors (Lipinski definition) is 2. The Morgan fingerprint density at radius 2 is 1.63 bits per heavy atom. The van der Waals surface area contributed by atoms with Crippen LogP contribution in [0.2, 0.25) is 0 Å². The Hall–Kier alpha value is -5.37. The Kier molecular flexibility index (Phi) is 6.66. The number of methoxy groups -OCH3 is 1. The number of hydrogen-bond acceptors (Lipinski definition) is 4. The number of nitrogens with zero attached hydrogens (tertiary/aromatic N) is 2. The Morgan fingerprint density at radius 1 is 0.907 bits per heavy atom. The third-order valence-corrected chi connectivity index (χ3v) is 8.41. The number of imide groups is 1. The highest BCUT2D eigenvalue weighted by atomic mass is 16.5. The van der Waals surface area contributed by atoms with Gasteiger partial charge in [0, 0.05) is 29.6 Å². The molecule has 4 aromatic carbocycles. The second-order valence-electron chi connectivity index (χ2n) is 10.8. The van der Waals surface area contributed by atoms with Crippen LogP contribution >= 0.6 is 0 Å². The summed E-state index contributed by atoms with van der Waals surface area (Å²) in [7, 11) is 1.62. The van der Waals surface area contributed by atoms with Crippen LogP contribution in [0.3, 0.4) is 0 Å². The zero-order chi connectivity index (χ0) is 29.5. The van der Waals surface area contributed by atoms with E-state index in [0.717, 1.165) is 39.0 Å². The van der Waals surface area contributed by atoms with E-state index in [-0.39, 0.29) is 23.1 Å². The number of aromatic amines is 1. The van der Waals surface area contributed by atoms with Gasteiger partial charge in [-0.15, -0.1) is 0 Å². The maximum atomic E-state index is 14.3. The number of ether oxygens (including phenoxy) is 1. The lowest BCUT2D eigenvalue weighted by molar-refractivity contribution is -0.120. The molecule has 1 saturated heterocycles. The van der Waals surface area contributed by atoms with Crippen LogP contribution in [-0.2, 0) is 17.6 Å². The number of urea groups is 1. The smallest absolute Gasteiger partial charge is 0.332 e. The molecule has 8 heteroatoms. The van der Waals surface area contributed by atoms with Crippen molar-refractivity contribution < 1.29 is 19.1 Å². The topological polar surface area (TPSA) is 94.7 Å². The number of fused-ring (bicyclic) bond motifs is 4. The van der Waals surface area contributed by atoms with Crippen molar-refractivity contribution in [1.82, 2.24) is 15.2 Å². The number of aromatic nitrogens is 1. The number of anilines is 1. The van der Waals surface area contributed by atoms with Crippen molar-refractivity contribution in [2.45, 2.75) is 24.9 Å². The van der Waals surface area contributed by atoms with Crippen LogP contribution in [0.15, 0.2) is 103 Å². The van der Waals surface area contributed by atoms with Gasteiger partial charge >= 0.3 is 6.03 Å². The standard InChI is InChI=1S/C35H30N4O4/c1-43-24-17-15-22(16-18-24)19-20-36-33(40)26-12-6-8-14-29(26)39-34(41)30-21-27-25-11-5-7-13-28(25)37-31(27)32(38(30)35(39)42)23-9-3-2-4-10-23/h2-18,30,32,37H,19-21H2,1H3,(H,36,40)/t30-,32?/m0/s1. The van der Waals surface area contributed by atoms with E-state index in [0.29, 0.717) is 19.4 Å². The van der Waals surface area contributed by atoms with Gasteiger partial charge in [0.05, 0.1) is 18.4 Å². The largest absolute Gasteiger partial charge is 0.497 e. The van der Waals surface area contributed by atoms with Crippen LogP contribution in [0, 0.1) is 0 Å². The molecule has 2 N–H and O–H groups in total. The molecule has 0 aliphatic carbocycles. The molecular weight excluding hydrogens is 540 g/mol. The first-order chi connectivity index (χ1) is 21.0. The van der Waals surface area contributed by atoms with E-state index in [1.54, 1.807) is 36.3 Å². The number of rotatable bonds is 7. The van der Waals surface area contributed by atoms with Crippen molar-refractivity contribution in [1.29, 1.82) is 0 Å². The molecule has 0 bridgehead atoms. The average Bonchev–Trinajstić information content (AvgIpc) is 3.54. The summed E-state index contributed by atoms with van der Waals surface area (Å²) in [6, 6.07) is 30.7. The minimum Gasteiger partial charge on any atom is -0.497 e. The zero-order valence-electron chi connectivity index (χ0n) is 23.6. The summed E-state index contributed by atoms with van der Waals surface area (Å²) in [6.45, 7) is 0.397. The number of carbonyl (C=O) groups is 3. The molecule has 5 aromatic rings. The molecule has 2 aliphatic heterocycles. The predicted molar refractivity (Wildman–Crippen MR) is 164 cm³/mol. The Morgan fingerprint density at radius 3 is 2.42 bits per heavy atom. The number of benzene rings is 4. The third-order valence-electron chi connectivity index (χ3n) is 8.41. The molecule has 0 saturated carbocycles. The zero-order valence-corrected chi connectivity index (χ0v) is 23.6. The molecule has 2 aliphatic rings. The Bertz CT molecular complexity index is 1850. The number of para-hydroxylation sites is 2. The molecule has 0 spiro atoms. The first-order valence-electron chi connectivity index (χ1n) is 14.4. The summed E-state index contributed by atoms with van der Waals surface area (Å²) < 4.78 is 5.21. The van der Waals surface area contributed by atoms with Gasteiger partial charge in [-0.2, -0.15) is 0 Å². The molecule has 1 unspecified atom stereocenters. The molecule has 1 aromatic heterocycles. The van der Waals surface area contributed by atoms with Crippen LogP contribution in [0.25, 0.3) is 10.9 Å². The van der Waals surface area contributed by atoms with Crippen molar-refractivity contribution >= 4 is 34.4 Å². The maximum absolute atomic E-state index is 14.3. The normalized spacial score (nSPS) is 17.6. The Labute approximate surface area is 248 Å².